The largest absolute Gasteiger partial charge is 0.332 e. The van der Waals surface area contributed by atoms with Gasteiger partial charge in [0.1, 0.15) is 0 Å². The van der Waals surface area contributed by atoms with Crippen molar-refractivity contribution in [3.05, 3.63) is 32.2 Å². The maximum Gasteiger partial charge on any atom is 0.332 e. The number of ketones is 1. The van der Waals surface area contributed by atoms with Crippen molar-refractivity contribution in [3.8, 4) is 0 Å². The Kier molecular flexibility index (Phi) is 4.64. The van der Waals surface area contributed by atoms with Crippen LogP contribution in [0.25, 0.3) is 16.9 Å². The van der Waals surface area contributed by atoms with E-state index in [1.54, 1.807) is 27.8 Å². The summed E-state index contributed by atoms with van der Waals surface area (Å²) in [5.74, 6) is 0.475. The van der Waals surface area contributed by atoms with Crippen molar-refractivity contribution in [1.29, 1.82) is 0 Å². The molecule has 0 saturated carbocycles. The van der Waals surface area contributed by atoms with Crippen LogP contribution < -0.4 is 11.2 Å². The number of nitrogens with zero attached hydrogens (tertiary/aromatic N) is 5. The molecule has 1 atom stereocenters. The molecule has 0 aromatic carbocycles. The molecular formula is C20H29N5O3. The highest BCUT2D eigenvalue weighted by Gasteiger charge is 2.27. The first kappa shape index (κ1) is 20.1. The van der Waals surface area contributed by atoms with Gasteiger partial charge in [-0.05, 0) is 27.2 Å². The zero-order chi connectivity index (χ0) is 21.1. The molecule has 1 unspecified atom stereocenters. The maximum absolute atomic E-state index is 13.3. The SMILES string of the molecule is CCC(C)n1c(C)c(C)n2c3c(=O)n(CC(=O)C(C)(C)C)c(=O)n(C)c3nc12. The summed E-state index contributed by atoms with van der Waals surface area (Å²) in [7, 11) is 1.59. The van der Waals surface area contributed by atoms with Gasteiger partial charge in [-0.15, -0.1) is 0 Å². The van der Waals surface area contributed by atoms with Crippen LogP contribution in [0.5, 0.6) is 0 Å². The third-order valence-corrected chi connectivity index (χ3v) is 5.73. The van der Waals surface area contributed by atoms with Gasteiger partial charge in [-0.3, -0.25) is 23.1 Å². The summed E-state index contributed by atoms with van der Waals surface area (Å²) in [6.45, 7) is 13.2. The first-order valence-electron chi connectivity index (χ1n) is 9.64. The van der Waals surface area contributed by atoms with Crippen LogP contribution in [-0.2, 0) is 18.4 Å². The lowest BCUT2D eigenvalue weighted by Crippen LogP contribution is -2.43. The summed E-state index contributed by atoms with van der Waals surface area (Å²) >= 11 is 0. The summed E-state index contributed by atoms with van der Waals surface area (Å²) in [4.78, 5) is 43.2. The molecule has 0 aliphatic rings. The molecule has 0 N–H and O–H groups in total. The van der Waals surface area contributed by atoms with Crippen LogP contribution in [0.1, 0.15) is 58.5 Å². The molecule has 0 radical (unpaired) electrons. The third-order valence-electron chi connectivity index (χ3n) is 5.73. The van der Waals surface area contributed by atoms with Crippen molar-refractivity contribution in [2.24, 2.45) is 12.5 Å². The Balaban J connectivity index is 2.43. The van der Waals surface area contributed by atoms with E-state index in [4.69, 9.17) is 0 Å². The van der Waals surface area contributed by atoms with Gasteiger partial charge in [0.2, 0.25) is 5.78 Å². The van der Waals surface area contributed by atoms with Gasteiger partial charge in [-0.2, -0.15) is 4.98 Å². The minimum atomic E-state index is -0.640. The van der Waals surface area contributed by atoms with Crippen molar-refractivity contribution in [2.75, 3.05) is 0 Å². The van der Waals surface area contributed by atoms with Crippen LogP contribution in [0.3, 0.4) is 0 Å². The second kappa shape index (κ2) is 6.46. The second-order valence-corrected chi connectivity index (χ2v) is 8.62. The van der Waals surface area contributed by atoms with Gasteiger partial charge < -0.3 is 4.57 Å². The fourth-order valence-corrected chi connectivity index (χ4v) is 3.51. The number of imidazole rings is 2. The molecule has 0 aliphatic heterocycles. The van der Waals surface area contributed by atoms with Crippen molar-refractivity contribution < 1.29 is 4.79 Å². The lowest BCUT2D eigenvalue weighted by molar-refractivity contribution is -0.127. The van der Waals surface area contributed by atoms with Gasteiger partial charge >= 0.3 is 5.69 Å². The Bertz CT molecular complexity index is 1210. The lowest BCUT2D eigenvalue weighted by Gasteiger charge is -2.17. The Morgan fingerprint density at radius 1 is 1.14 bits per heavy atom. The van der Waals surface area contributed by atoms with Crippen LogP contribution in [-0.4, -0.2) is 28.9 Å². The van der Waals surface area contributed by atoms with Gasteiger partial charge in [0.05, 0.1) is 6.54 Å². The summed E-state index contributed by atoms with van der Waals surface area (Å²) in [6, 6.07) is 0.203. The first-order valence-corrected chi connectivity index (χ1v) is 9.64. The number of aryl methyl sites for hydroxylation is 2. The van der Waals surface area contributed by atoms with E-state index in [-0.39, 0.29) is 18.4 Å². The third kappa shape index (κ3) is 2.73. The van der Waals surface area contributed by atoms with Gasteiger partial charge in [-0.25, -0.2) is 4.79 Å². The second-order valence-electron chi connectivity index (χ2n) is 8.62. The van der Waals surface area contributed by atoms with E-state index < -0.39 is 16.7 Å². The van der Waals surface area contributed by atoms with Gasteiger partial charge in [-0.1, -0.05) is 27.7 Å². The smallest absolute Gasteiger partial charge is 0.311 e. The van der Waals surface area contributed by atoms with E-state index >= 15 is 0 Å². The number of Topliss-reactive ketones (excluding diaryl/α,β-unsaturated/α-hetero) is 1. The molecular weight excluding hydrogens is 358 g/mol. The fourth-order valence-electron chi connectivity index (χ4n) is 3.51. The zero-order valence-corrected chi connectivity index (χ0v) is 18.0. The molecule has 0 spiro atoms. The molecule has 0 amide bonds. The van der Waals surface area contributed by atoms with E-state index in [1.807, 2.05) is 18.2 Å². The Morgan fingerprint density at radius 2 is 1.75 bits per heavy atom. The molecule has 3 aromatic rings. The van der Waals surface area contributed by atoms with Crippen LogP contribution in [0.4, 0.5) is 0 Å². The lowest BCUT2D eigenvalue weighted by atomic mass is 9.91. The minimum Gasteiger partial charge on any atom is -0.311 e. The molecule has 152 valence electrons. The normalized spacial score (nSPS) is 13.6. The molecule has 3 heterocycles. The van der Waals surface area contributed by atoms with Crippen molar-refractivity contribution >= 4 is 22.7 Å². The zero-order valence-electron chi connectivity index (χ0n) is 18.0. The monoisotopic (exact) mass is 387 g/mol. The Labute approximate surface area is 163 Å². The number of carbonyl (C=O) groups is 1. The molecule has 3 rings (SSSR count). The van der Waals surface area contributed by atoms with Gasteiger partial charge in [0, 0.05) is 29.9 Å². The summed E-state index contributed by atoms with van der Waals surface area (Å²) in [5, 5.41) is 0. The fraction of sp³-hybridized carbons (Fsp3) is 0.600. The summed E-state index contributed by atoms with van der Waals surface area (Å²) < 4.78 is 6.30. The van der Waals surface area contributed by atoms with E-state index in [0.717, 1.165) is 22.4 Å². The van der Waals surface area contributed by atoms with Crippen molar-refractivity contribution in [3.63, 3.8) is 0 Å². The molecule has 0 aliphatic carbocycles. The number of hydrogen-bond donors (Lipinski definition) is 0. The highest BCUT2D eigenvalue weighted by Crippen LogP contribution is 2.25. The molecule has 0 saturated heterocycles. The number of carbonyl (C=O) groups excluding carboxylic acids is 1. The van der Waals surface area contributed by atoms with Crippen LogP contribution in [0.15, 0.2) is 9.59 Å². The van der Waals surface area contributed by atoms with E-state index in [9.17, 15) is 14.4 Å². The van der Waals surface area contributed by atoms with Gasteiger partial charge in [0.15, 0.2) is 16.9 Å². The highest BCUT2D eigenvalue weighted by molar-refractivity contribution is 5.84. The number of hydrogen-bond acceptors (Lipinski definition) is 4. The Hall–Kier alpha value is -2.64. The number of aromatic nitrogens is 5. The molecule has 8 nitrogen and oxygen atoms in total. The number of fused-ring (bicyclic) bond motifs is 3. The van der Waals surface area contributed by atoms with Crippen LogP contribution >= 0.6 is 0 Å². The van der Waals surface area contributed by atoms with E-state index in [2.05, 4.69) is 23.4 Å². The van der Waals surface area contributed by atoms with Crippen LogP contribution in [0.2, 0.25) is 0 Å². The van der Waals surface area contributed by atoms with Crippen LogP contribution in [0, 0.1) is 19.3 Å². The molecule has 0 fully saturated rings. The first-order chi connectivity index (χ1) is 12.9. The summed E-state index contributed by atoms with van der Waals surface area (Å²) in [5.41, 5.74) is 0.962. The standard InChI is InChI=1S/C20H29N5O3/c1-9-11(2)24-12(3)13(4)25-15-16(21-18(24)25)22(8)19(28)23(17(15)27)10-14(26)20(5,6)7/h11H,9-10H2,1-8H3. The molecule has 28 heavy (non-hydrogen) atoms. The predicted octanol–water partition coefficient (Wildman–Crippen LogP) is 2.35. The maximum atomic E-state index is 13.3. The highest BCUT2D eigenvalue weighted by atomic mass is 16.2. The minimum absolute atomic E-state index is 0.170. The quantitative estimate of drug-likeness (QED) is 0.688. The Morgan fingerprint density at radius 3 is 2.29 bits per heavy atom. The topological polar surface area (TPSA) is 83.3 Å². The number of rotatable bonds is 4. The summed E-state index contributed by atoms with van der Waals surface area (Å²) in [6.07, 6.45) is 0.914. The van der Waals surface area contributed by atoms with Crippen molar-refractivity contribution in [1.82, 2.24) is 23.1 Å². The average Bonchev–Trinajstić information content (AvgIpc) is 3.11. The molecule has 3 aromatic heterocycles. The van der Waals surface area contributed by atoms with E-state index in [1.165, 1.54) is 4.57 Å². The molecule has 8 heteroatoms. The van der Waals surface area contributed by atoms with Gasteiger partial charge in [0.25, 0.3) is 5.56 Å². The average molecular weight is 387 g/mol. The van der Waals surface area contributed by atoms with E-state index in [0.29, 0.717) is 16.9 Å². The van der Waals surface area contributed by atoms with Crippen molar-refractivity contribution in [2.45, 2.75) is 67.5 Å². The predicted molar refractivity (Wildman–Crippen MR) is 109 cm³/mol. The molecule has 0 bridgehead atoms.